The molecule has 0 aliphatic heterocycles. The fraction of sp³-hybridized carbons (Fsp3) is 0.375. The SMILES string of the molecule is C/C=C(/c1cc(C(C)=O)c2cc(C#CCCCCCCCNC)ccc2n1)c1cc(C)ccc1C. The highest BCUT2D eigenvalue weighted by Crippen LogP contribution is 2.30. The maximum absolute atomic E-state index is 12.6. The molecule has 1 heterocycles. The maximum Gasteiger partial charge on any atom is 0.160 e. The molecule has 0 saturated heterocycles. The Morgan fingerprint density at radius 2 is 1.74 bits per heavy atom. The van der Waals surface area contributed by atoms with Gasteiger partial charge in [0.1, 0.15) is 0 Å². The van der Waals surface area contributed by atoms with E-state index in [0.29, 0.717) is 5.56 Å². The van der Waals surface area contributed by atoms with Crippen molar-refractivity contribution in [3.05, 3.63) is 82.1 Å². The van der Waals surface area contributed by atoms with Crippen LogP contribution in [0, 0.1) is 25.7 Å². The highest BCUT2D eigenvalue weighted by molar-refractivity contribution is 6.07. The third kappa shape index (κ3) is 7.13. The standard InChI is InChI=1S/C32H38N2O/c1-6-27(28-20-23(2)15-16-24(28)3)32-22-29(25(4)35)30-21-26(17-18-31(30)34-32)14-12-10-8-7-9-11-13-19-33-5/h6,15-18,20-22,33H,7-11,13,19H2,1-5H3/b27-6+. The van der Waals surface area contributed by atoms with Gasteiger partial charge in [0.15, 0.2) is 5.78 Å². The third-order valence-corrected chi connectivity index (χ3v) is 6.40. The van der Waals surface area contributed by atoms with Crippen molar-refractivity contribution in [3.8, 4) is 11.8 Å². The van der Waals surface area contributed by atoms with Gasteiger partial charge in [0.05, 0.1) is 11.2 Å². The number of nitrogens with one attached hydrogen (secondary N) is 1. The van der Waals surface area contributed by atoms with E-state index in [4.69, 9.17) is 4.98 Å². The van der Waals surface area contributed by atoms with Crippen molar-refractivity contribution in [1.82, 2.24) is 10.3 Å². The number of aromatic nitrogens is 1. The fourth-order valence-corrected chi connectivity index (χ4v) is 4.41. The van der Waals surface area contributed by atoms with E-state index in [0.717, 1.165) is 52.7 Å². The Kier molecular flexibility index (Phi) is 9.82. The minimum atomic E-state index is 0.0402. The number of allylic oxidation sites excluding steroid dienone is 1. The van der Waals surface area contributed by atoms with E-state index in [1.807, 2.05) is 38.2 Å². The monoisotopic (exact) mass is 466 g/mol. The Morgan fingerprint density at radius 1 is 0.971 bits per heavy atom. The fourth-order valence-electron chi connectivity index (χ4n) is 4.41. The molecule has 0 unspecified atom stereocenters. The normalized spacial score (nSPS) is 11.4. The molecule has 0 spiro atoms. The van der Waals surface area contributed by atoms with Gasteiger partial charge < -0.3 is 5.32 Å². The molecule has 0 amide bonds. The van der Waals surface area contributed by atoms with Gasteiger partial charge in [-0.05, 0) is 89.5 Å². The highest BCUT2D eigenvalue weighted by atomic mass is 16.1. The first-order chi connectivity index (χ1) is 16.9. The summed E-state index contributed by atoms with van der Waals surface area (Å²) < 4.78 is 0. The molecular weight excluding hydrogens is 428 g/mol. The number of aryl methyl sites for hydroxylation is 2. The van der Waals surface area contributed by atoms with Crippen molar-refractivity contribution in [3.63, 3.8) is 0 Å². The van der Waals surface area contributed by atoms with Gasteiger partial charge in [-0.2, -0.15) is 0 Å². The zero-order valence-electron chi connectivity index (χ0n) is 21.9. The molecule has 3 aromatic rings. The van der Waals surface area contributed by atoms with Crippen LogP contribution in [0.4, 0.5) is 0 Å². The summed E-state index contributed by atoms with van der Waals surface area (Å²) >= 11 is 0. The first-order valence-corrected chi connectivity index (χ1v) is 12.8. The number of carbonyl (C=O) groups is 1. The zero-order valence-corrected chi connectivity index (χ0v) is 21.9. The van der Waals surface area contributed by atoms with Crippen LogP contribution < -0.4 is 5.32 Å². The Balaban J connectivity index is 1.83. The molecule has 1 aromatic heterocycles. The molecule has 2 aromatic carbocycles. The van der Waals surface area contributed by atoms with Crippen LogP contribution >= 0.6 is 0 Å². The van der Waals surface area contributed by atoms with Crippen molar-refractivity contribution in [2.45, 2.75) is 66.2 Å². The lowest BCUT2D eigenvalue weighted by molar-refractivity contribution is 0.101. The van der Waals surface area contributed by atoms with E-state index >= 15 is 0 Å². The Morgan fingerprint density at radius 3 is 2.49 bits per heavy atom. The van der Waals surface area contributed by atoms with Crippen molar-refractivity contribution in [2.75, 3.05) is 13.6 Å². The van der Waals surface area contributed by atoms with Crippen LogP contribution in [0.3, 0.4) is 0 Å². The molecule has 35 heavy (non-hydrogen) atoms. The van der Waals surface area contributed by atoms with E-state index in [1.54, 1.807) is 6.92 Å². The van der Waals surface area contributed by atoms with Crippen LogP contribution in [-0.4, -0.2) is 24.4 Å². The summed E-state index contributed by atoms with van der Waals surface area (Å²) in [5.41, 5.74) is 7.87. The van der Waals surface area contributed by atoms with Gasteiger partial charge in [-0.15, -0.1) is 0 Å². The second kappa shape index (κ2) is 13.0. The first-order valence-electron chi connectivity index (χ1n) is 12.8. The van der Waals surface area contributed by atoms with Crippen LogP contribution in [0.2, 0.25) is 0 Å². The lowest BCUT2D eigenvalue weighted by Crippen LogP contribution is -2.06. The number of rotatable bonds is 10. The van der Waals surface area contributed by atoms with Gasteiger partial charge in [-0.3, -0.25) is 4.79 Å². The Bertz CT molecular complexity index is 1270. The quantitative estimate of drug-likeness (QED) is 0.192. The van der Waals surface area contributed by atoms with E-state index in [-0.39, 0.29) is 5.78 Å². The molecule has 0 saturated carbocycles. The van der Waals surface area contributed by atoms with Crippen molar-refractivity contribution in [2.24, 2.45) is 0 Å². The predicted molar refractivity (Wildman–Crippen MR) is 149 cm³/mol. The third-order valence-electron chi connectivity index (χ3n) is 6.40. The number of pyridine rings is 1. The topological polar surface area (TPSA) is 42.0 Å². The summed E-state index contributed by atoms with van der Waals surface area (Å²) in [5, 5.41) is 4.06. The first kappa shape index (κ1) is 26.4. The summed E-state index contributed by atoms with van der Waals surface area (Å²) in [4.78, 5) is 17.6. The molecule has 1 N–H and O–H groups in total. The van der Waals surface area contributed by atoms with Gasteiger partial charge in [-0.25, -0.2) is 4.98 Å². The smallest absolute Gasteiger partial charge is 0.160 e. The van der Waals surface area contributed by atoms with E-state index in [9.17, 15) is 4.79 Å². The summed E-state index contributed by atoms with van der Waals surface area (Å²) in [6, 6.07) is 14.4. The molecule has 0 aliphatic rings. The average molecular weight is 467 g/mol. The number of fused-ring (bicyclic) bond motifs is 1. The van der Waals surface area contributed by atoms with Crippen molar-refractivity contribution >= 4 is 22.3 Å². The predicted octanol–water partition coefficient (Wildman–Crippen LogP) is 7.42. The molecule has 3 nitrogen and oxygen atoms in total. The average Bonchev–Trinajstić information content (AvgIpc) is 2.85. The number of ketones is 1. The molecular formula is C32H38N2O. The van der Waals surface area contributed by atoms with Crippen LogP contribution in [0.15, 0.2) is 48.5 Å². The number of hydrogen-bond acceptors (Lipinski definition) is 3. The van der Waals surface area contributed by atoms with Crippen LogP contribution in [0.25, 0.3) is 16.5 Å². The van der Waals surface area contributed by atoms with E-state index < -0.39 is 0 Å². The number of Topliss-reactive ketones (excluding diaryl/α,β-unsaturated/α-hetero) is 1. The van der Waals surface area contributed by atoms with Gasteiger partial charge in [0.25, 0.3) is 0 Å². The summed E-state index contributed by atoms with van der Waals surface area (Å²) in [7, 11) is 2.00. The van der Waals surface area contributed by atoms with E-state index in [2.05, 4.69) is 55.3 Å². The van der Waals surface area contributed by atoms with Crippen molar-refractivity contribution < 1.29 is 4.79 Å². The Labute approximate surface area is 211 Å². The molecule has 0 atom stereocenters. The highest BCUT2D eigenvalue weighted by Gasteiger charge is 2.15. The van der Waals surface area contributed by atoms with Gasteiger partial charge >= 0.3 is 0 Å². The lowest BCUT2D eigenvalue weighted by Gasteiger charge is -2.14. The van der Waals surface area contributed by atoms with Gasteiger partial charge in [0.2, 0.25) is 0 Å². The molecule has 0 radical (unpaired) electrons. The number of nitrogens with zero attached hydrogens (tertiary/aromatic N) is 1. The van der Waals surface area contributed by atoms with Gasteiger partial charge in [-0.1, -0.05) is 60.9 Å². The van der Waals surface area contributed by atoms with Crippen LogP contribution in [0.5, 0.6) is 0 Å². The Hall–Kier alpha value is -3.22. The van der Waals surface area contributed by atoms with Crippen LogP contribution in [-0.2, 0) is 0 Å². The van der Waals surface area contributed by atoms with Crippen LogP contribution in [0.1, 0.15) is 90.7 Å². The largest absolute Gasteiger partial charge is 0.320 e. The molecule has 0 bridgehead atoms. The minimum absolute atomic E-state index is 0.0402. The lowest BCUT2D eigenvalue weighted by atomic mass is 9.93. The molecule has 3 rings (SSSR count). The maximum atomic E-state index is 12.6. The molecule has 0 fully saturated rings. The van der Waals surface area contributed by atoms with E-state index in [1.165, 1.54) is 36.8 Å². The number of carbonyl (C=O) groups excluding carboxylic acids is 1. The summed E-state index contributed by atoms with van der Waals surface area (Å²) in [6.45, 7) is 8.96. The van der Waals surface area contributed by atoms with Crippen molar-refractivity contribution in [1.29, 1.82) is 0 Å². The summed E-state index contributed by atoms with van der Waals surface area (Å²) in [6.07, 6.45) is 9.14. The summed E-state index contributed by atoms with van der Waals surface area (Å²) in [5.74, 6) is 6.64. The second-order valence-corrected chi connectivity index (χ2v) is 9.29. The minimum Gasteiger partial charge on any atom is -0.320 e. The molecule has 182 valence electrons. The second-order valence-electron chi connectivity index (χ2n) is 9.29. The number of hydrogen-bond donors (Lipinski definition) is 1. The zero-order chi connectivity index (χ0) is 25.2. The molecule has 0 aliphatic carbocycles. The van der Waals surface area contributed by atoms with Gasteiger partial charge in [0, 0.05) is 28.5 Å². The molecule has 3 heteroatoms. The number of benzene rings is 2. The number of unbranched alkanes of at least 4 members (excludes halogenated alkanes) is 5.